The molecule has 2 aromatic rings. The molecule has 0 spiro atoms. The molecule has 45 heavy (non-hydrogen) atoms. The van der Waals surface area contributed by atoms with Crippen LogP contribution in [0.15, 0.2) is 24.4 Å². The first kappa shape index (κ1) is 35.6. The molecule has 2 aliphatic carbocycles. The molecule has 2 aliphatic rings. The van der Waals surface area contributed by atoms with Gasteiger partial charge in [-0.3, -0.25) is 19.1 Å². The smallest absolute Gasteiger partial charge is 0.405 e. The van der Waals surface area contributed by atoms with Crippen molar-refractivity contribution < 1.29 is 52.7 Å². The van der Waals surface area contributed by atoms with E-state index in [4.69, 9.17) is 0 Å². The van der Waals surface area contributed by atoms with E-state index in [1.54, 1.807) is 46.0 Å². The van der Waals surface area contributed by atoms with Gasteiger partial charge in [0.25, 0.3) is 5.91 Å². The van der Waals surface area contributed by atoms with Gasteiger partial charge in [0, 0.05) is 33.8 Å². The molecular formula is C29H40F7N5O4. The molecule has 254 valence electrons. The SMILES string of the molecule is C1CC1CC1CC1.CC(C(=O)N(C)CC(F)(F)F)c1cc(F)c(NC(=O)CNC(=O)c2ccnn2C(C)C)cc1OC(F)(F)F.[HH].[HH]. The molecule has 0 aliphatic heterocycles. The number of hydrogen-bond donors (Lipinski definition) is 2. The molecule has 0 radical (unpaired) electrons. The van der Waals surface area contributed by atoms with Crippen LogP contribution in [0.25, 0.3) is 0 Å². The number of hydrogen-bond acceptors (Lipinski definition) is 5. The highest BCUT2D eigenvalue weighted by atomic mass is 19.4. The van der Waals surface area contributed by atoms with Crippen LogP contribution in [0.2, 0.25) is 0 Å². The highest BCUT2D eigenvalue weighted by molar-refractivity contribution is 5.98. The van der Waals surface area contributed by atoms with Crippen molar-refractivity contribution in [2.75, 3.05) is 25.5 Å². The number of benzene rings is 1. The first-order chi connectivity index (χ1) is 20.8. The van der Waals surface area contributed by atoms with Crippen LogP contribution in [0, 0.1) is 17.7 Å². The molecular weight excluding hydrogens is 615 g/mol. The third-order valence-electron chi connectivity index (χ3n) is 7.09. The molecule has 1 unspecified atom stereocenters. The second kappa shape index (κ2) is 14.5. The molecule has 1 atom stereocenters. The van der Waals surface area contributed by atoms with Gasteiger partial charge in [-0.25, -0.2) is 4.39 Å². The number of ether oxygens (including phenoxy) is 1. The minimum atomic E-state index is -5.32. The zero-order valence-corrected chi connectivity index (χ0v) is 25.2. The molecule has 16 heteroatoms. The standard InChI is InChI=1S/C22H24F7N5O4.C7H12.2H2/c1-11(2)34-16(5-6-31-34)19(36)30-9-18(35)32-15-8-17(38-22(27,28)29)13(7-14(15)23)12(3)20(37)33(4)10-21(24,25)26;1-2-6(1)5-7-3-4-7;;/h5-8,11-12H,9-10H2,1-4H3,(H,30,36)(H,32,35);6-7H,1-5H2;2*1H. The number of likely N-dealkylation sites (N-methyl/N-ethyl adjacent to an activating group) is 1. The molecule has 0 saturated heterocycles. The van der Waals surface area contributed by atoms with Gasteiger partial charge >= 0.3 is 12.5 Å². The van der Waals surface area contributed by atoms with Gasteiger partial charge in [0.05, 0.1) is 18.2 Å². The highest BCUT2D eigenvalue weighted by Crippen LogP contribution is 2.44. The number of carbonyl (C=O) groups excluding carboxylic acids is 3. The molecule has 1 aromatic carbocycles. The number of alkyl halides is 6. The van der Waals surface area contributed by atoms with Crippen LogP contribution in [-0.4, -0.2) is 65.1 Å². The topological polar surface area (TPSA) is 106 Å². The number of halogens is 7. The molecule has 2 saturated carbocycles. The van der Waals surface area contributed by atoms with Crippen LogP contribution in [0.4, 0.5) is 36.4 Å². The third-order valence-corrected chi connectivity index (χ3v) is 7.09. The van der Waals surface area contributed by atoms with Gasteiger partial charge < -0.3 is 20.3 Å². The maximum atomic E-state index is 14.7. The Balaban J connectivity index is 0.00000107. The summed E-state index contributed by atoms with van der Waals surface area (Å²) in [4.78, 5) is 37.2. The van der Waals surface area contributed by atoms with Gasteiger partial charge in [0.1, 0.15) is 23.8 Å². The van der Waals surface area contributed by atoms with Crippen molar-refractivity contribution >= 4 is 23.4 Å². The van der Waals surface area contributed by atoms with Crippen LogP contribution in [0.5, 0.6) is 5.75 Å². The van der Waals surface area contributed by atoms with Crippen LogP contribution in [0.3, 0.4) is 0 Å². The van der Waals surface area contributed by atoms with Crippen LogP contribution in [0.1, 0.15) is 83.7 Å². The van der Waals surface area contributed by atoms with Crippen LogP contribution < -0.4 is 15.4 Å². The monoisotopic (exact) mass is 655 g/mol. The van der Waals surface area contributed by atoms with E-state index in [1.165, 1.54) is 28.8 Å². The third kappa shape index (κ3) is 11.5. The van der Waals surface area contributed by atoms with Gasteiger partial charge in [0.2, 0.25) is 11.8 Å². The summed E-state index contributed by atoms with van der Waals surface area (Å²) in [6.45, 7) is 2.10. The number of carbonyl (C=O) groups is 3. The van der Waals surface area contributed by atoms with Gasteiger partial charge in [0.15, 0.2) is 0 Å². The predicted molar refractivity (Wildman–Crippen MR) is 153 cm³/mol. The maximum Gasteiger partial charge on any atom is 0.573 e. The summed E-state index contributed by atoms with van der Waals surface area (Å²) in [7, 11) is 0.782. The average Bonchev–Trinajstić information content (AvgIpc) is 3.86. The first-order valence-corrected chi connectivity index (χ1v) is 14.4. The average molecular weight is 656 g/mol. The minimum Gasteiger partial charge on any atom is -0.405 e. The van der Waals surface area contributed by atoms with Crippen LogP contribution >= 0.6 is 0 Å². The summed E-state index contributed by atoms with van der Waals surface area (Å²) in [5, 5.41) is 8.20. The second-order valence-corrected chi connectivity index (χ2v) is 11.6. The Kier molecular flexibility index (Phi) is 11.5. The summed E-state index contributed by atoms with van der Waals surface area (Å²) in [5.41, 5.74) is -1.37. The summed E-state index contributed by atoms with van der Waals surface area (Å²) >= 11 is 0. The number of anilines is 1. The zero-order valence-electron chi connectivity index (χ0n) is 25.2. The fraction of sp³-hybridized carbons (Fsp3) is 0.586. The van der Waals surface area contributed by atoms with Gasteiger partial charge in [-0.1, -0.05) is 25.7 Å². The molecule has 9 nitrogen and oxygen atoms in total. The van der Waals surface area contributed by atoms with E-state index >= 15 is 0 Å². The Bertz CT molecular complexity index is 1350. The lowest BCUT2D eigenvalue weighted by Gasteiger charge is -2.24. The van der Waals surface area contributed by atoms with E-state index in [1.807, 2.05) is 5.32 Å². The van der Waals surface area contributed by atoms with E-state index in [-0.39, 0.29) is 19.5 Å². The summed E-state index contributed by atoms with van der Waals surface area (Å²) in [6, 6.07) is 2.10. The fourth-order valence-corrected chi connectivity index (χ4v) is 4.56. The molecule has 4 rings (SSSR count). The minimum absolute atomic E-state index is 0. The second-order valence-electron chi connectivity index (χ2n) is 11.6. The molecule has 1 heterocycles. The summed E-state index contributed by atoms with van der Waals surface area (Å²) in [5.74, 6) is -4.69. The van der Waals surface area contributed by atoms with E-state index in [2.05, 4.69) is 15.2 Å². The largest absolute Gasteiger partial charge is 0.573 e. The number of aromatic nitrogens is 2. The zero-order chi connectivity index (χ0) is 33.7. The highest BCUT2D eigenvalue weighted by Gasteiger charge is 2.37. The lowest BCUT2D eigenvalue weighted by atomic mass is 9.97. The van der Waals surface area contributed by atoms with Crippen molar-refractivity contribution in [3.63, 3.8) is 0 Å². The Hall–Kier alpha value is -3.85. The number of amides is 3. The van der Waals surface area contributed by atoms with E-state index in [9.17, 15) is 45.1 Å². The van der Waals surface area contributed by atoms with Crippen molar-refractivity contribution in [2.45, 2.75) is 77.4 Å². The van der Waals surface area contributed by atoms with Crippen molar-refractivity contribution in [3.05, 3.63) is 41.5 Å². The number of rotatable bonds is 11. The quantitative estimate of drug-likeness (QED) is 0.263. The Morgan fingerprint density at radius 3 is 2.18 bits per heavy atom. The summed E-state index contributed by atoms with van der Waals surface area (Å²) < 4.78 is 96.8. The predicted octanol–water partition coefficient (Wildman–Crippen LogP) is 6.68. The molecule has 2 N–H and O–H groups in total. The normalized spacial score (nSPS) is 15.6. The van der Waals surface area contributed by atoms with Crippen molar-refractivity contribution in [2.24, 2.45) is 11.8 Å². The van der Waals surface area contributed by atoms with E-state index in [0.29, 0.717) is 12.1 Å². The first-order valence-electron chi connectivity index (χ1n) is 14.4. The van der Waals surface area contributed by atoms with Crippen LogP contribution in [-0.2, 0) is 9.59 Å². The molecule has 2 fully saturated rings. The molecule has 1 aromatic heterocycles. The van der Waals surface area contributed by atoms with Crippen molar-refractivity contribution in [1.82, 2.24) is 20.0 Å². The lowest BCUT2D eigenvalue weighted by molar-refractivity contribution is -0.275. The number of nitrogens with one attached hydrogen (secondary N) is 2. The van der Waals surface area contributed by atoms with Crippen molar-refractivity contribution in [1.29, 1.82) is 0 Å². The fourth-order valence-electron chi connectivity index (χ4n) is 4.56. The Labute approximate surface area is 258 Å². The summed E-state index contributed by atoms with van der Waals surface area (Å²) in [6.07, 6.45) is -0.943. The molecule has 3 amide bonds. The lowest BCUT2D eigenvalue weighted by Crippen LogP contribution is -2.38. The Morgan fingerprint density at radius 2 is 1.67 bits per heavy atom. The number of nitrogens with zero attached hydrogens (tertiary/aromatic N) is 3. The molecule has 0 bridgehead atoms. The van der Waals surface area contributed by atoms with E-state index in [0.717, 1.165) is 14.0 Å². The maximum absolute atomic E-state index is 14.7. The van der Waals surface area contributed by atoms with E-state index < -0.39 is 72.1 Å². The van der Waals surface area contributed by atoms with Gasteiger partial charge in [-0.2, -0.15) is 18.3 Å². The van der Waals surface area contributed by atoms with Crippen molar-refractivity contribution in [3.8, 4) is 5.75 Å². The van der Waals surface area contributed by atoms with Gasteiger partial charge in [-0.15, -0.1) is 13.2 Å². The van der Waals surface area contributed by atoms with Gasteiger partial charge in [-0.05, 0) is 51.2 Å². The Morgan fingerprint density at radius 1 is 1.07 bits per heavy atom.